The van der Waals surface area contributed by atoms with Crippen LogP contribution in [-0.2, 0) is 4.79 Å². The molecule has 0 fully saturated rings. The zero-order valence-corrected chi connectivity index (χ0v) is 11.1. The Bertz CT molecular complexity index is 330. The molecule has 0 aromatic carbocycles. The Labute approximate surface area is 101 Å². The van der Waals surface area contributed by atoms with Gasteiger partial charge in [0, 0.05) is 13.6 Å². The first kappa shape index (κ1) is 12.4. The number of rotatable bonds is 5. The minimum atomic E-state index is 0.00525. The van der Waals surface area contributed by atoms with Crippen LogP contribution in [0.25, 0.3) is 0 Å². The first-order valence-electron chi connectivity index (χ1n) is 4.60. The molecule has 0 aliphatic rings. The minimum Gasteiger partial charge on any atom is -0.355 e. The van der Waals surface area contributed by atoms with Crippen molar-refractivity contribution < 1.29 is 4.79 Å². The molecule has 0 bridgehead atoms. The fraction of sp³-hybridized carbons (Fsp3) is 0.625. The number of amides is 1. The molecule has 1 aromatic heterocycles. The van der Waals surface area contributed by atoms with Gasteiger partial charge in [-0.2, -0.15) is 0 Å². The van der Waals surface area contributed by atoms with Gasteiger partial charge in [-0.05, 0) is 22.4 Å². The molecule has 84 valence electrons. The lowest BCUT2D eigenvalue weighted by Gasteiger charge is -2.13. The number of likely N-dealkylation sites (N-methyl/N-ethyl adjacent to an activating group) is 1. The van der Waals surface area contributed by atoms with E-state index in [-0.39, 0.29) is 5.91 Å². The van der Waals surface area contributed by atoms with Gasteiger partial charge >= 0.3 is 0 Å². The molecule has 1 rings (SSSR count). The minimum absolute atomic E-state index is 0.00525. The predicted molar refractivity (Wildman–Crippen MR) is 64.2 cm³/mol. The average Bonchev–Trinajstić information content (AvgIpc) is 2.61. The van der Waals surface area contributed by atoms with Gasteiger partial charge in [0.25, 0.3) is 0 Å². The number of hydrogen-bond donors (Lipinski definition) is 1. The van der Waals surface area contributed by atoms with Crippen LogP contribution in [-0.4, -0.2) is 36.2 Å². The molecule has 0 aliphatic carbocycles. The number of halogens is 1. The Morgan fingerprint density at radius 2 is 2.33 bits per heavy atom. The standard InChI is InChI=1S/C8H13BrN4OS/c1-3-4-10-6(14)5-13(2)8-12-11-7(9)15-8/h3-5H2,1-2H3,(H,10,14). The van der Waals surface area contributed by atoms with E-state index in [2.05, 4.69) is 31.4 Å². The van der Waals surface area contributed by atoms with Gasteiger partial charge in [0.05, 0.1) is 6.54 Å². The number of anilines is 1. The second-order valence-electron chi connectivity index (χ2n) is 3.04. The van der Waals surface area contributed by atoms with Crippen molar-refractivity contribution in [2.24, 2.45) is 0 Å². The molecule has 0 radical (unpaired) electrons. The molecule has 0 atom stereocenters. The number of aromatic nitrogens is 2. The first-order chi connectivity index (χ1) is 7.13. The summed E-state index contributed by atoms with van der Waals surface area (Å²) < 4.78 is 0.721. The monoisotopic (exact) mass is 292 g/mol. The molecule has 1 aromatic rings. The molecule has 0 unspecified atom stereocenters. The van der Waals surface area contributed by atoms with Crippen LogP contribution in [0, 0.1) is 0 Å². The Hall–Kier alpha value is -0.690. The smallest absolute Gasteiger partial charge is 0.239 e. The Kier molecular flexibility index (Phi) is 4.97. The van der Waals surface area contributed by atoms with Crippen molar-refractivity contribution in [1.82, 2.24) is 15.5 Å². The lowest BCUT2D eigenvalue weighted by molar-refractivity contribution is -0.119. The summed E-state index contributed by atoms with van der Waals surface area (Å²) in [5.41, 5.74) is 0. The second-order valence-corrected chi connectivity index (χ2v) is 5.28. The summed E-state index contributed by atoms with van der Waals surface area (Å²) >= 11 is 4.63. The molecule has 5 nitrogen and oxygen atoms in total. The molecule has 0 saturated heterocycles. The number of carbonyl (C=O) groups is 1. The maximum atomic E-state index is 11.4. The quantitative estimate of drug-likeness (QED) is 0.888. The van der Waals surface area contributed by atoms with E-state index in [1.54, 1.807) is 4.90 Å². The number of carbonyl (C=O) groups excluding carboxylic acids is 1. The van der Waals surface area contributed by atoms with Crippen LogP contribution in [0.3, 0.4) is 0 Å². The zero-order chi connectivity index (χ0) is 11.3. The largest absolute Gasteiger partial charge is 0.355 e. The Balaban J connectivity index is 2.41. The predicted octanol–water partition coefficient (Wildman–Crippen LogP) is 1.26. The third-order valence-electron chi connectivity index (χ3n) is 1.67. The summed E-state index contributed by atoms with van der Waals surface area (Å²) in [4.78, 5) is 13.2. The number of nitrogens with zero attached hydrogens (tertiary/aromatic N) is 3. The molecule has 15 heavy (non-hydrogen) atoms. The van der Waals surface area contributed by atoms with E-state index < -0.39 is 0 Å². The second kappa shape index (κ2) is 6.02. The van der Waals surface area contributed by atoms with Crippen LogP contribution in [0.4, 0.5) is 5.13 Å². The molecule has 0 spiro atoms. The van der Waals surface area contributed by atoms with Crippen LogP contribution >= 0.6 is 27.3 Å². The van der Waals surface area contributed by atoms with Gasteiger partial charge in [-0.1, -0.05) is 18.3 Å². The molecule has 1 N–H and O–H groups in total. The fourth-order valence-corrected chi connectivity index (χ4v) is 2.00. The van der Waals surface area contributed by atoms with Gasteiger partial charge in [-0.15, -0.1) is 10.2 Å². The summed E-state index contributed by atoms with van der Waals surface area (Å²) in [5.74, 6) is 0.00525. The lowest BCUT2D eigenvalue weighted by Crippen LogP contribution is -2.35. The van der Waals surface area contributed by atoms with E-state index in [0.29, 0.717) is 13.1 Å². The average molecular weight is 293 g/mol. The molecular formula is C8H13BrN4OS. The van der Waals surface area contributed by atoms with Crippen molar-refractivity contribution in [1.29, 1.82) is 0 Å². The van der Waals surface area contributed by atoms with E-state index in [9.17, 15) is 4.79 Å². The number of hydrogen-bond acceptors (Lipinski definition) is 5. The van der Waals surface area contributed by atoms with Crippen LogP contribution in [0.15, 0.2) is 3.92 Å². The highest BCUT2D eigenvalue weighted by molar-refractivity contribution is 9.11. The topological polar surface area (TPSA) is 58.1 Å². The maximum absolute atomic E-state index is 11.4. The zero-order valence-electron chi connectivity index (χ0n) is 8.66. The van der Waals surface area contributed by atoms with Crippen LogP contribution in [0.1, 0.15) is 13.3 Å². The fourth-order valence-electron chi connectivity index (χ4n) is 0.956. The van der Waals surface area contributed by atoms with Gasteiger partial charge in [-0.25, -0.2) is 0 Å². The van der Waals surface area contributed by atoms with Crippen LogP contribution in [0.5, 0.6) is 0 Å². The van der Waals surface area contributed by atoms with Gasteiger partial charge < -0.3 is 10.2 Å². The van der Waals surface area contributed by atoms with Crippen LogP contribution < -0.4 is 10.2 Å². The molecule has 7 heteroatoms. The summed E-state index contributed by atoms with van der Waals surface area (Å²) in [6.07, 6.45) is 0.944. The van der Waals surface area contributed by atoms with Crippen LogP contribution in [0.2, 0.25) is 0 Å². The Morgan fingerprint density at radius 1 is 1.60 bits per heavy atom. The van der Waals surface area contributed by atoms with Crippen molar-refractivity contribution in [2.75, 3.05) is 25.0 Å². The molecule has 0 saturated carbocycles. The van der Waals surface area contributed by atoms with E-state index >= 15 is 0 Å². The number of nitrogens with one attached hydrogen (secondary N) is 1. The van der Waals surface area contributed by atoms with Crippen molar-refractivity contribution in [3.05, 3.63) is 3.92 Å². The van der Waals surface area contributed by atoms with Crippen molar-refractivity contribution in [3.63, 3.8) is 0 Å². The van der Waals surface area contributed by atoms with E-state index in [1.807, 2.05) is 14.0 Å². The molecular weight excluding hydrogens is 280 g/mol. The first-order valence-corrected chi connectivity index (χ1v) is 6.21. The highest BCUT2D eigenvalue weighted by Gasteiger charge is 2.10. The molecule has 1 heterocycles. The van der Waals surface area contributed by atoms with Crippen molar-refractivity contribution in [2.45, 2.75) is 13.3 Å². The highest BCUT2D eigenvalue weighted by atomic mass is 79.9. The Morgan fingerprint density at radius 3 is 2.87 bits per heavy atom. The molecule has 1 amide bonds. The van der Waals surface area contributed by atoms with Gasteiger partial charge in [-0.3, -0.25) is 4.79 Å². The lowest BCUT2D eigenvalue weighted by atomic mass is 10.4. The summed E-state index contributed by atoms with van der Waals surface area (Å²) in [7, 11) is 1.82. The normalized spacial score (nSPS) is 10.1. The van der Waals surface area contributed by atoms with E-state index in [4.69, 9.17) is 0 Å². The summed E-state index contributed by atoms with van der Waals surface area (Å²) in [6, 6.07) is 0. The highest BCUT2D eigenvalue weighted by Crippen LogP contribution is 2.22. The maximum Gasteiger partial charge on any atom is 0.239 e. The van der Waals surface area contributed by atoms with Gasteiger partial charge in [0.1, 0.15) is 0 Å². The molecule has 0 aliphatic heterocycles. The third-order valence-corrected chi connectivity index (χ3v) is 3.14. The van der Waals surface area contributed by atoms with Gasteiger partial charge in [0.15, 0.2) is 3.92 Å². The van der Waals surface area contributed by atoms with E-state index in [0.717, 1.165) is 15.5 Å². The summed E-state index contributed by atoms with van der Waals surface area (Å²) in [5, 5.41) is 11.3. The summed E-state index contributed by atoms with van der Waals surface area (Å²) in [6.45, 7) is 3.04. The van der Waals surface area contributed by atoms with Crippen molar-refractivity contribution in [3.8, 4) is 0 Å². The van der Waals surface area contributed by atoms with E-state index in [1.165, 1.54) is 11.3 Å². The van der Waals surface area contributed by atoms with Crippen molar-refractivity contribution >= 4 is 38.3 Å². The SMILES string of the molecule is CCCNC(=O)CN(C)c1nnc(Br)s1. The van der Waals surface area contributed by atoms with Gasteiger partial charge in [0.2, 0.25) is 11.0 Å². The third kappa shape index (κ3) is 4.13.